The van der Waals surface area contributed by atoms with Gasteiger partial charge in [-0.1, -0.05) is 60.4 Å². The van der Waals surface area contributed by atoms with Crippen molar-refractivity contribution >= 4 is 12.1 Å². The molecule has 0 radical (unpaired) electrons. The molecule has 1 aliphatic rings. The number of benzene rings is 2. The van der Waals surface area contributed by atoms with Gasteiger partial charge in [0.25, 0.3) is 0 Å². The van der Waals surface area contributed by atoms with E-state index in [4.69, 9.17) is 9.84 Å². The lowest BCUT2D eigenvalue weighted by Crippen LogP contribution is -2.26. The first-order valence-electron chi connectivity index (χ1n) is 9.13. The third kappa shape index (κ3) is 3.85. The number of aromatic amines is 1. The first kappa shape index (κ1) is 18.4. The fraction of sp³-hybridized carbons (Fsp3) is 0.130. The van der Waals surface area contributed by atoms with Gasteiger partial charge in [-0.2, -0.15) is 0 Å². The number of rotatable bonds is 4. The molecule has 0 saturated heterocycles. The van der Waals surface area contributed by atoms with Crippen LogP contribution in [0.1, 0.15) is 33.1 Å². The maximum Gasteiger partial charge on any atom is 0.407 e. The minimum atomic E-state index is -1.05. The second-order valence-corrected chi connectivity index (χ2v) is 6.59. The van der Waals surface area contributed by atoms with E-state index in [1.54, 1.807) is 0 Å². The van der Waals surface area contributed by atoms with Crippen molar-refractivity contribution < 1.29 is 19.4 Å². The second kappa shape index (κ2) is 7.95. The fourth-order valence-electron chi connectivity index (χ4n) is 3.50. The van der Waals surface area contributed by atoms with Gasteiger partial charge in [-0.3, -0.25) is 0 Å². The maximum absolute atomic E-state index is 12.0. The molecule has 1 aromatic heterocycles. The lowest BCUT2D eigenvalue weighted by Gasteiger charge is -2.14. The summed E-state index contributed by atoms with van der Waals surface area (Å²) in [5.41, 5.74) is 5.27. The predicted molar refractivity (Wildman–Crippen MR) is 108 cm³/mol. The number of carbonyl (C=O) groups is 2. The topological polar surface area (TPSA) is 91.4 Å². The van der Waals surface area contributed by atoms with Gasteiger partial charge in [-0.25, -0.2) is 9.59 Å². The number of hydrogen-bond donors (Lipinski definition) is 3. The van der Waals surface area contributed by atoms with E-state index in [-0.39, 0.29) is 24.8 Å². The predicted octanol–water partition coefficient (Wildman–Crippen LogP) is 3.60. The molecule has 1 heterocycles. The number of H-pyrrole nitrogens is 1. The van der Waals surface area contributed by atoms with Crippen molar-refractivity contribution in [2.75, 3.05) is 13.2 Å². The van der Waals surface area contributed by atoms with Crippen LogP contribution in [-0.2, 0) is 4.74 Å². The van der Waals surface area contributed by atoms with E-state index in [0.29, 0.717) is 5.56 Å². The lowest BCUT2D eigenvalue weighted by atomic mass is 9.98. The van der Waals surface area contributed by atoms with Crippen molar-refractivity contribution in [3.8, 4) is 23.0 Å². The zero-order valence-electron chi connectivity index (χ0n) is 15.4. The van der Waals surface area contributed by atoms with Crippen LogP contribution in [0.15, 0.2) is 60.8 Å². The summed E-state index contributed by atoms with van der Waals surface area (Å²) in [5, 5.41) is 11.5. The monoisotopic (exact) mass is 386 g/mol. The van der Waals surface area contributed by atoms with Crippen molar-refractivity contribution in [3.63, 3.8) is 0 Å². The average Bonchev–Trinajstić information content (AvgIpc) is 3.33. The molecule has 29 heavy (non-hydrogen) atoms. The van der Waals surface area contributed by atoms with E-state index >= 15 is 0 Å². The molecular formula is C23H18N2O4. The van der Waals surface area contributed by atoms with E-state index in [9.17, 15) is 9.59 Å². The number of hydrogen-bond acceptors (Lipinski definition) is 3. The Morgan fingerprint density at radius 3 is 2.34 bits per heavy atom. The highest BCUT2D eigenvalue weighted by molar-refractivity contribution is 5.86. The minimum absolute atomic E-state index is 0.00790. The summed E-state index contributed by atoms with van der Waals surface area (Å²) < 4.78 is 5.43. The van der Waals surface area contributed by atoms with Crippen molar-refractivity contribution in [2.24, 2.45) is 0 Å². The molecular weight excluding hydrogens is 368 g/mol. The van der Waals surface area contributed by atoms with Crippen LogP contribution in [0.5, 0.6) is 0 Å². The van der Waals surface area contributed by atoms with Gasteiger partial charge in [0.05, 0.1) is 6.54 Å². The number of aromatic carboxylic acids is 1. The van der Waals surface area contributed by atoms with Crippen molar-refractivity contribution in [2.45, 2.75) is 5.92 Å². The Morgan fingerprint density at radius 1 is 1.07 bits per heavy atom. The number of carbonyl (C=O) groups excluding carboxylic acids is 1. The van der Waals surface area contributed by atoms with Crippen LogP contribution in [0.3, 0.4) is 0 Å². The number of carboxylic acid groups (broad SMARTS) is 1. The SMILES string of the molecule is O=C(NCC#Cc1c[nH]c(C(=O)O)c1)OCC1c2ccccc2-c2ccccc21. The van der Waals surface area contributed by atoms with Gasteiger partial charge in [-0.05, 0) is 28.3 Å². The summed E-state index contributed by atoms with van der Waals surface area (Å²) in [5.74, 6) is 4.51. The fourth-order valence-corrected chi connectivity index (χ4v) is 3.50. The molecule has 1 aliphatic carbocycles. The molecule has 0 aliphatic heterocycles. The average molecular weight is 386 g/mol. The summed E-state index contributed by atoms with van der Waals surface area (Å²) in [4.78, 5) is 25.5. The van der Waals surface area contributed by atoms with Crippen LogP contribution >= 0.6 is 0 Å². The molecule has 0 saturated carbocycles. The molecule has 0 spiro atoms. The van der Waals surface area contributed by atoms with Gasteiger partial charge in [-0.15, -0.1) is 0 Å². The van der Waals surface area contributed by atoms with Crippen LogP contribution in [0.25, 0.3) is 11.1 Å². The Morgan fingerprint density at radius 2 is 1.72 bits per heavy atom. The quantitative estimate of drug-likeness (QED) is 0.598. The highest BCUT2D eigenvalue weighted by Crippen LogP contribution is 2.44. The summed E-state index contributed by atoms with van der Waals surface area (Å²) in [6, 6.07) is 17.7. The summed E-state index contributed by atoms with van der Waals surface area (Å²) >= 11 is 0. The smallest absolute Gasteiger partial charge is 0.407 e. The Bertz CT molecular complexity index is 1090. The second-order valence-electron chi connectivity index (χ2n) is 6.59. The van der Waals surface area contributed by atoms with Gasteiger partial charge in [0.2, 0.25) is 0 Å². The Kier molecular flexibility index (Phi) is 5.04. The summed E-state index contributed by atoms with van der Waals surface area (Å²) in [6.07, 6.45) is 0.963. The number of ether oxygens (including phenoxy) is 1. The van der Waals surface area contributed by atoms with Gasteiger partial charge in [0, 0.05) is 17.7 Å². The van der Waals surface area contributed by atoms with Crippen molar-refractivity contribution in [3.05, 3.63) is 83.2 Å². The van der Waals surface area contributed by atoms with Gasteiger partial charge < -0.3 is 20.1 Å². The van der Waals surface area contributed by atoms with E-state index < -0.39 is 12.1 Å². The normalized spacial score (nSPS) is 11.7. The largest absolute Gasteiger partial charge is 0.477 e. The third-order valence-electron chi connectivity index (χ3n) is 4.81. The van der Waals surface area contributed by atoms with Crippen LogP contribution in [0.4, 0.5) is 4.79 Å². The van der Waals surface area contributed by atoms with Crippen molar-refractivity contribution in [1.29, 1.82) is 0 Å². The maximum atomic E-state index is 12.0. The van der Waals surface area contributed by atoms with Crippen LogP contribution in [0, 0.1) is 11.8 Å². The van der Waals surface area contributed by atoms with Crippen LogP contribution in [0.2, 0.25) is 0 Å². The number of carboxylic acids is 1. The number of aromatic nitrogens is 1. The van der Waals surface area contributed by atoms with E-state index in [1.807, 2.05) is 24.3 Å². The molecule has 6 heteroatoms. The zero-order valence-corrected chi connectivity index (χ0v) is 15.4. The number of alkyl carbamates (subject to hydrolysis) is 1. The lowest BCUT2D eigenvalue weighted by molar-refractivity contribution is 0.0691. The molecule has 6 nitrogen and oxygen atoms in total. The molecule has 0 fully saturated rings. The molecule has 3 aromatic rings. The van der Waals surface area contributed by atoms with Gasteiger partial charge in [0.15, 0.2) is 0 Å². The Balaban J connectivity index is 1.33. The number of amides is 1. The zero-order chi connectivity index (χ0) is 20.2. The standard InChI is InChI=1S/C23H18N2O4/c26-22(27)21-12-15(13-25-21)6-5-11-24-23(28)29-14-20-18-9-3-1-7-16(18)17-8-2-4-10-19(17)20/h1-4,7-10,12-13,20,25H,11,14H2,(H,24,28)(H,26,27). The Labute approximate surface area is 167 Å². The molecule has 3 N–H and O–H groups in total. The Hall–Kier alpha value is -3.98. The minimum Gasteiger partial charge on any atom is -0.477 e. The summed E-state index contributed by atoms with van der Waals surface area (Å²) in [6.45, 7) is 0.345. The highest BCUT2D eigenvalue weighted by Gasteiger charge is 2.28. The number of nitrogens with one attached hydrogen (secondary N) is 2. The first-order valence-corrected chi connectivity index (χ1v) is 9.13. The number of fused-ring (bicyclic) bond motifs is 3. The third-order valence-corrected chi connectivity index (χ3v) is 4.81. The molecule has 4 rings (SSSR count). The highest BCUT2D eigenvalue weighted by atomic mass is 16.5. The molecule has 0 unspecified atom stereocenters. The van der Waals surface area contributed by atoms with E-state index in [0.717, 1.165) is 11.1 Å². The molecule has 0 atom stereocenters. The molecule has 1 amide bonds. The van der Waals surface area contributed by atoms with Crippen LogP contribution < -0.4 is 5.32 Å². The van der Waals surface area contributed by atoms with Crippen molar-refractivity contribution in [1.82, 2.24) is 10.3 Å². The van der Waals surface area contributed by atoms with E-state index in [1.165, 1.54) is 23.4 Å². The van der Waals surface area contributed by atoms with Crippen LogP contribution in [-0.4, -0.2) is 35.3 Å². The molecule has 2 aromatic carbocycles. The first-order chi connectivity index (χ1) is 14.1. The van der Waals surface area contributed by atoms with Gasteiger partial charge in [0.1, 0.15) is 12.3 Å². The molecule has 0 bridgehead atoms. The summed E-state index contributed by atoms with van der Waals surface area (Å²) in [7, 11) is 0. The van der Waals surface area contributed by atoms with E-state index in [2.05, 4.69) is 46.4 Å². The molecule has 144 valence electrons. The van der Waals surface area contributed by atoms with Gasteiger partial charge >= 0.3 is 12.1 Å².